The minimum absolute atomic E-state index is 0.188. The van der Waals surface area contributed by atoms with Crippen LogP contribution in [0, 0.1) is 0 Å². The number of methoxy groups -OCH3 is 1. The highest BCUT2D eigenvalue weighted by Crippen LogP contribution is 2.19. The highest BCUT2D eigenvalue weighted by atomic mass is 79.9. The molecule has 0 aliphatic carbocycles. The lowest BCUT2D eigenvalue weighted by Gasteiger charge is -2.08. The molecule has 0 aliphatic rings. The third kappa shape index (κ3) is 5.08. The molecule has 0 bridgehead atoms. The van der Waals surface area contributed by atoms with Crippen molar-refractivity contribution in [1.82, 2.24) is 5.32 Å². The van der Waals surface area contributed by atoms with Crippen molar-refractivity contribution in [1.29, 1.82) is 0 Å². The van der Waals surface area contributed by atoms with E-state index >= 15 is 0 Å². The maximum Gasteiger partial charge on any atom is 0.287 e. The largest absolute Gasteiger partial charge is 0.496 e. The summed E-state index contributed by atoms with van der Waals surface area (Å²) in [5.41, 5.74) is 0.872. The Hall–Kier alpha value is -2.38. The van der Waals surface area contributed by atoms with Crippen molar-refractivity contribution in [3.63, 3.8) is 0 Å². The van der Waals surface area contributed by atoms with E-state index < -0.39 is 10.8 Å². The molecule has 3 rings (SSSR count). The van der Waals surface area contributed by atoms with Gasteiger partial charge in [-0.25, -0.2) is 0 Å². The molecule has 1 aromatic heterocycles. The minimum Gasteiger partial charge on any atom is -0.496 e. The number of carbonyl (C=O) groups is 1. The van der Waals surface area contributed by atoms with Crippen LogP contribution in [-0.2, 0) is 23.1 Å². The molecule has 1 amide bonds. The van der Waals surface area contributed by atoms with Gasteiger partial charge in [0, 0.05) is 21.5 Å². The number of hydrogen-bond acceptors (Lipinski definition) is 4. The van der Waals surface area contributed by atoms with E-state index in [1.807, 2.05) is 36.4 Å². The van der Waals surface area contributed by atoms with E-state index in [2.05, 4.69) is 21.2 Å². The monoisotopic (exact) mass is 447 g/mol. The predicted octanol–water partition coefficient (Wildman–Crippen LogP) is 4.29. The van der Waals surface area contributed by atoms with Gasteiger partial charge < -0.3 is 14.5 Å². The molecule has 7 heteroatoms. The third-order valence-corrected chi connectivity index (χ3v) is 5.74. The number of carbonyl (C=O) groups excluding carboxylic acids is 1. The summed E-state index contributed by atoms with van der Waals surface area (Å²) in [6.07, 6.45) is 0. The van der Waals surface area contributed by atoms with E-state index in [-0.39, 0.29) is 17.4 Å². The Kier molecular flexibility index (Phi) is 6.47. The molecule has 1 heterocycles. The van der Waals surface area contributed by atoms with Crippen molar-refractivity contribution >= 4 is 32.6 Å². The van der Waals surface area contributed by atoms with Crippen molar-refractivity contribution in [2.75, 3.05) is 7.11 Å². The van der Waals surface area contributed by atoms with Gasteiger partial charge in [0.1, 0.15) is 11.5 Å². The Morgan fingerprint density at radius 2 is 1.85 bits per heavy atom. The fourth-order valence-electron chi connectivity index (χ4n) is 2.49. The average molecular weight is 448 g/mol. The molecule has 1 N–H and O–H groups in total. The van der Waals surface area contributed by atoms with Crippen LogP contribution in [0.1, 0.15) is 21.9 Å². The second kappa shape index (κ2) is 9.01. The summed E-state index contributed by atoms with van der Waals surface area (Å²) in [5.74, 6) is 1.28. The van der Waals surface area contributed by atoms with Crippen LogP contribution in [0.5, 0.6) is 5.75 Å². The lowest BCUT2D eigenvalue weighted by atomic mass is 10.2. The first kappa shape index (κ1) is 19.4. The lowest BCUT2D eigenvalue weighted by Crippen LogP contribution is -2.22. The van der Waals surface area contributed by atoms with E-state index in [4.69, 9.17) is 9.15 Å². The average Bonchev–Trinajstić information content (AvgIpc) is 3.15. The maximum atomic E-state index is 12.4. The third-order valence-electron chi connectivity index (χ3n) is 3.87. The summed E-state index contributed by atoms with van der Waals surface area (Å²) in [6, 6.07) is 18.0. The number of amides is 1. The zero-order valence-electron chi connectivity index (χ0n) is 14.6. The standard InChI is InChI=1S/C20H18BrNO4S/c1-25-18-5-3-2-4-14(18)12-22-20(23)19-11-8-16(26-19)13-27(24)17-9-6-15(21)7-10-17/h2-11H,12-13H2,1H3,(H,22,23). The minimum atomic E-state index is -1.24. The molecule has 2 aromatic carbocycles. The molecule has 0 saturated carbocycles. The van der Waals surface area contributed by atoms with Crippen LogP contribution in [0.2, 0.25) is 0 Å². The van der Waals surface area contributed by atoms with Gasteiger partial charge in [0.05, 0.1) is 23.7 Å². The van der Waals surface area contributed by atoms with Crippen LogP contribution < -0.4 is 10.1 Å². The van der Waals surface area contributed by atoms with Crippen molar-refractivity contribution in [2.24, 2.45) is 0 Å². The van der Waals surface area contributed by atoms with Gasteiger partial charge in [-0.2, -0.15) is 0 Å². The topological polar surface area (TPSA) is 68.5 Å². The van der Waals surface area contributed by atoms with E-state index in [0.717, 1.165) is 10.0 Å². The summed E-state index contributed by atoms with van der Waals surface area (Å²) in [5, 5.41) is 2.80. The highest BCUT2D eigenvalue weighted by Gasteiger charge is 2.14. The number of benzene rings is 2. The SMILES string of the molecule is COc1ccccc1CNC(=O)c1ccc(CS(=O)c2ccc(Br)cc2)o1. The van der Waals surface area contributed by atoms with Gasteiger partial charge in [-0.1, -0.05) is 34.1 Å². The fraction of sp³-hybridized carbons (Fsp3) is 0.150. The predicted molar refractivity (Wildman–Crippen MR) is 107 cm³/mol. The Morgan fingerprint density at radius 3 is 2.59 bits per heavy atom. The molecular formula is C20H18BrNO4S. The lowest BCUT2D eigenvalue weighted by molar-refractivity contribution is 0.0921. The molecule has 0 saturated heterocycles. The Labute approximate surface area is 168 Å². The first-order valence-corrected chi connectivity index (χ1v) is 10.3. The summed E-state index contributed by atoms with van der Waals surface area (Å²) in [6.45, 7) is 0.323. The fourth-order valence-corrected chi connectivity index (χ4v) is 3.77. The Morgan fingerprint density at radius 1 is 1.11 bits per heavy atom. The second-order valence-electron chi connectivity index (χ2n) is 5.70. The zero-order valence-corrected chi connectivity index (χ0v) is 17.0. The van der Waals surface area contributed by atoms with Crippen molar-refractivity contribution < 1.29 is 18.2 Å². The smallest absolute Gasteiger partial charge is 0.287 e. The molecule has 0 aliphatic heterocycles. The molecule has 3 aromatic rings. The number of furan rings is 1. The van der Waals surface area contributed by atoms with E-state index in [0.29, 0.717) is 22.9 Å². The van der Waals surface area contributed by atoms with Gasteiger partial charge >= 0.3 is 0 Å². The molecule has 1 atom stereocenters. The van der Waals surface area contributed by atoms with Crippen LogP contribution in [0.15, 0.2) is 74.4 Å². The maximum absolute atomic E-state index is 12.4. The van der Waals surface area contributed by atoms with Crippen molar-refractivity contribution in [3.8, 4) is 5.75 Å². The van der Waals surface area contributed by atoms with Gasteiger partial charge in [-0.3, -0.25) is 9.00 Å². The number of halogens is 1. The molecule has 1 unspecified atom stereocenters. The van der Waals surface area contributed by atoms with Gasteiger partial charge in [-0.15, -0.1) is 0 Å². The molecule has 0 fully saturated rings. The second-order valence-corrected chi connectivity index (χ2v) is 8.07. The number of para-hydroxylation sites is 1. The molecule has 27 heavy (non-hydrogen) atoms. The van der Waals surface area contributed by atoms with Gasteiger partial charge in [0.15, 0.2) is 5.76 Å². The molecule has 140 valence electrons. The number of nitrogens with one attached hydrogen (secondary N) is 1. The van der Waals surface area contributed by atoms with E-state index in [9.17, 15) is 9.00 Å². The summed E-state index contributed by atoms with van der Waals surface area (Å²) >= 11 is 3.35. The molecule has 5 nitrogen and oxygen atoms in total. The van der Waals surface area contributed by atoms with E-state index in [1.54, 1.807) is 31.4 Å². The number of ether oxygens (including phenoxy) is 1. The quantitative estimate of drug-likeness (QED) is 0.586. The van der Waals surface area contributed by atoms with Crippen LogP contribution in [0.25, 0.3) is 0 Å². The summed E-state index contributed by atoms with van der Waals surface area (Å²) in [7, 11) is 0.345. The molecule has 0 spiro atoms. The van der Waals surface area contributed by atoms with Crippen LogP contribution >= 0.6 is 15.9 Å². The number of rotatable bonds is 7. The summed E-state index contributed by atoms with van der Waals surface area (Å²) < 4.78 is 24.2. The zero-order chi connectivity index (χ0) is 19.2. The van der Waals surface area contributed by atoms with Gasteiger partial charge in [0.2, 0.25) is 0 Å². The molecular weight excluding hydrogens is 430 g/mol. The Balaban J connectivity index is 1.60. The van der Waals surface area contributed by atoms with Crippen molar-refractivity contribution in [3.05, 3.63) is 82.2 Å². The highest BCUT2D eigenvalue weighted by molar-refractivity contribution is 9.10. The molecule has 0 radical (unpaired) electrons. The van der Waals surface area contributed by atoms with Crippen LogP contribution in [0.4, 0.5) is 0 Å². The van der Waals surface area contributed by atoms with Gasteiger partial charge in [0.25, 0.3) is 5.91 Å². The Bertz CT molecular complexity index is 953. The van der Waals surface area contributed by atoms with Crippen LogP contribution in [-0.4, -0.2) is 17.2 Å². The normalized spacial score (nSPS) is 11.8. The summed E-state index contributed by atoms with van der Waals surface area (Å²) in [4.78, 5) is 13.0. The first-order valence-electron chi connectivity index (χ1n) is 8.19. The van der Waals surface area contributed by atoms with Gasteiger partial charge in [-0.05, 0) is 42.5 Å². The van der Waals surface area contributed by atoms with Crippen molar-refractivity contribution in [2.45, 2.75) is 17.2 Å². The van der Waals surface area contributed by atoms with Crippen LogP contribution in [0.3, 0.4) is 0 Å². The van der Waals surface area contributed by atoms with E-state index in [1.165, 1.54) is 0 Å². The number of hydrogen-bond donors (Lipinski definition) is 1. The first-order chi connectivity index (χ1) is 13.1.